The third kappa shape index (κ3) is 3.53. The van der Waals surface area contributed by atoms with Crippen LogP contribution in [-0.2, 0) is 0 Å². The maximum Gasteiger partial charge on any atom is 0.0478 e. The molecule has 16 heavy (non-hydrogen) atoms. The highest BCUT2D eigenvalue weighted by Crippen LogP contribution is 2.18. The largest absolute Gasteiger partial charge is 0.396 e. The molecule has 0 aromatic heterocycles. The highest BCUT2D eigenvalue weighted by Gasteiger charge is 2.14. The standard InChI is InChI=1S/C14H23NO/c1-11(2)13(10-16)9-15(4)14-7-5-12(3)6-8-14/h5-8,11,13,16H,9-10H2,1-4H3. The van der Waals surface area contributed by atoms with Gasteiger partial charge >= 0.3 is 0 Å². The van der Waals surface area contributed by atoms with Crippen LogP contribution in [0.1, 0.15) is 19.4 Å². The molecule has 0 saturated carbocycles. The molecule has 0 spiro atoms. The van der Waals surface area contributed by atoms with Crippen LogP contribution in [0.2, 0.25) is 0 Å². The van der Waals surface area contributed by atoms with Crippen molar-refractivity contribution in [1.29, 1.82) is 0 Å². The summed E-state index contributed by atoms with van der Waals surface area (Å²) in [7, 11) is 2.08. The summed E-state index contributed by atoms with van der Waals surface area (Å²) >= 11 is 0. The van der Waals surface area contributed by atoms with E-state index in [2.05, 4.69) is 57.0 Å². The van der Waals surface area contributed by atoms with E-state index < -0.39 is 0 Å². The van der Waals surface area contributed by atoms with Gasteiger partial charge in [-0.15, -0.1) is 0 Å². The molecule has 90 valence electrons. The van der Waals surface area contributed by atoms with Crippen molar-refractivity contribution in [1.82, 2.24) is 0 Å². The van der Waals surface area contributed by atoms with Gasteiger partial charge in [0.1, 0.15) is 0 Å². The van der Waals surface area contributed by atoms with E-state index in [1.165, 1.54) is 11.3 Å². The lowest BCUT2D eigenvalue weighted by atomic mass is 9.96. The Morgan fingerprint density at radius 2 is 1.75 bits per heavy atom. The van der Waals surface area contributed by atoms with Crippen molar-refractivity contribution in [2.45, 2.75) is 20.8 Å². The van der Waals surface area contributed by atoms with Gasteiger partial charge in [-0.05, 0) is 25.0 Å². The summed E-state index contributed by atoms with van der Waals surface area (Å²) in [4.78, 5) is 2.21. The van der Waals surface area contributed by atoms with Crippen LogP contribution in [0.15, 0.2) is 24.3 Å². The number of hydrogen-bond donors (Lipinski definition) is 1. The molecule has 2 nitrogen and oxygen atoms in total. The van der Waals surface area contributed by atoms with Crippen LogP contribution in [0.5, 0.6) is 0 Å². The zero-order chi connectivity index (χ0) is 12.1. The van der Waals surface area contributed by atoms with Gasteiger partial charge in [-0.2, -0.15) is 0 Å². The fourth-order valence-corrected chi connectivity index (χ4v) is 1.74. The molecule has 1 N–H and O–H groups in total. The Morgan fingerprint density at radius 1 is 1.19 bits per heavy atom. The minimum absolute atomic E-state index is 0.258. The summed E-state index contributed by atoms with van der Waals surface area (Å²) in [6.45, 7) is 7.56. The van der Waals surface area contributed by atoms with Crippen molar-refractivity contribution >= 4 is 5.69 Å². The maximum absolute atomic E-state index is 9.31. The van der Waals surface area contributed by atoms with Crippen molar-refractivity contribution in [3.05, 3.63) is 29.8 Å². The smallest absolute Gasteiger partial charge is 0.0478 e. The number of anilines is 1. The van der Waals surface area contributed by atoms with E-state index in [1.54, 1.807) is 0 Å². The first-order chi connectivity index (χ1) is 7.54. The molecule has 0 aliphatic rings. The second-order valence-corrected chi connectivity index (χ2v) is 4.90. The quantitative estimate of drug-likeness (QED) is 0.826. The Bertz CT molecular complexity index is 305. The summed E-state index contributed by atoms with van der Waals surface area (Å²) in [5, 5.41) is 9.31. The average Bonchev–Trinajstić information content (AvgIpc) is 2.26. The molecular formula is C14H23NO. The van der Waals surface area contributed by atoms with Gasteiger partial charge in [0.2, 0.25) is 0 Å². The molecule has 1 atom stereocenters. The van der Waals surface area contributed by atoms with Crippen LogP contribution in [0.4, 0.5) is 5.69 Å². The molecular weight excluding hydrogens is 198 g/mol. The molecule has 0 heterocycles. The molecule has 1 rings (SSSR count). The maximum atomic E-state index is 9.31. The molecule has 0 radical (unpaired) electrons. The first-order valence-corrected chi connectivity index (χ1v) is 5.93. The summed E-state index contributed by atoms with van der Waals surface area (Å²) in [5.41, 5.74) is 2.49. The van der Waals surface area contributed by atoms with Crippen LogP contribution in [-0.4, -0.2) is 25.3 Å². The molecule has 0 amide bonds. The van der Waals surface area contributed by atoms with Crippen molar-refractivity contribution in [3.63, 3.8) is 0 Å². The highest BCUT2D eigenvalue weighted by molar-refractivity contribution is 5.46. The Labute approximate surface area is 98.9 Å². The normalized spacial score (nSPS) is 12.9. The third-order valence-electron chi connectivity index (χ3n) is 3.16. The van der Waals surface area contributed by atoms with Gasteiger partial charge in [0.25, 0.3) is 0 Å². The zero-order valence-electron chi connectivity index (χ0n) is 10.8. The van der Waals surface area contributed by atoms with Crippen LogP contribution in [0, 0.1) is 18.8 Å². The van der Waals surface area contributed by atoms with Crippen LogP contribution >= 0.6 is 0 Å². The molecule has 0 aliphatic heterocycles. The molecule has 1 aromatic carbocycles. The van der Waals surface area contributed by atoms with Crippen LogP contribution in [0.3, 0.4) is 0 Å². The number of aliphatic hydroxyl groups is 1. The number of nitrogens with zero attached hydrogens (tertiary/aromatic N) is 1. The Morgan fingerprint density at radius 3 is 2.19 bits per heavy atom. The number of benzene rings is 1. The van der Waals surface area contributed by atoms with Crippen molar-refractivity contribution < 1.29 is 5.11 Å². The van der Waals surface area contributed by atoms with Gasteiger partial charge < -0.3 is 10.0 Å². The lowest BCUT2D eigenvalue weighted by Crippen LogP contribution is -2.30. The topological polar surface area (TPSA) is 23.5 Å². The summed E-state index contributed by atoms with van der Waals surface area (Å²) in [5.74, 6) is 0.851. The minimum Gasteiger partial charge on any atom is -0.396 e. The molecule has 1 aromatic rings. The first kappa shape index (κ1) is 13.0. The number of rotatable bonds is 5. The van der Waals surface area contributed by atoms with Crippen molar-refractivity contribution in [2.75, 3.05) is 25.1 Å². The van der Waals surface area contributed by atoms with E-state index in [1.807, 2.05) is 0 Å². The SMILES string of the molecule is Cc1ccc(N(C)CC(CO)C(C)C)cc1. The highest BCUT2D eigenvalue weighted by atomic mass is 16.3. The second kappa shape index (κ2) is 5.90. The van der Waals surface area contributed by atoms with E-state index in [0.29, 0.717) is 11.8 Å². The van der Waals surface area contributed by atoms with E-state index in [4.69, 9.17) is 0 Å². The predicted octanol–water partition coefficient (Wildman–Crippen LogP) is 2.70. The van der Waals surface area contributed by atoms with Gasteiger partial charge in [0.05, 0.1) is 0 Å². The van der Waals surface area contributed by atoms with Crippen molar-refractivity contribution in [3.8, 4) is 0 Å². The fraction of sp³-hybridized carbons (Fsp3) is 0.571. The van der Waals surface area contributed by atoms with Gasteiger partial charge in [-0.25, -0.2) is 0 Å². The summed E-state index contributed by atoms with van der Waals surface area (Å²) in [6.07, 6.45) is 0. The first-order valence-electron chi connectivity index (χ1n) is 5.93. The lowest BCUT2D eigenvalue weighted by molar-refractivity contribution is 0.193. The minimum atomic E-state index is 0.258. The number of hydrogen-bond acceptors (Lipinski definition) is 2. The van der Waals surface area contributed by atoms with Crippen molar-refractivity contribution in [2.24, 2.45) is 11.8 Å². The van der Waals surface area contributed by atoms with E-state index in [-0.39, 0.29) is 6.61 Å². The van der Waals surface area contributed by atoms with Gasteiger partial charge in [-0.3, -0.25) is 0 Å². The van der Waals surface area contributed by atoms with E-state index in [0.717, 1.165) is 6.54 Å². The zero-order valence-corrected chi connectivity index (χ0v) is 10.8. The van der Waals surface area contributed by atoms with Crippen LogP contribution < -0.4 is 4.90 Å². The Hall–Kier alpha value is -1.02. The van der Waals surface area contributed by atoms with Gasteiger partial charge in [-0.1, -0.05) is 31.5 Å². The Kier molecular flexibility index (Phi) is 4.81. The summed E-state index contributed by atoms with van der Waals surface area (Å²) < 4.78 is 0. The Balaban J connectivity index is 2.64. The molecule has 0 saturated heterocycles. The van der Waals surface area contributed by atoms with E-state index in [9.17, 15) is 5.11 Å². The number of aryl methyl sites for hydroxylation is 1. The monoisotopic (exact) mass is 221 g/mol. The molecule has 0 fully saturated rings. The van der Waals surface area contributed by atoms with Gasteiger partial charge in [0, 0.05) is 31.8 Å². The van der Waals surface area contributed by atoms with E-state index >= 15 is 0 Å². The molecule has 0 bridgehead atoms. The third-order valence-corrected chi connectivity index (χ3v) is 3.16. The molecule has 2 heteroatoms. The lowest BCUT2D eigenvalue weighted by Gasteiger charge is -2.27. The predicted molar refractivity (Wildman–Crippen MR) is 69.9 cm³/mol. The van der Waals surface area contributed by atoms with Gasteiger partial charge in [0.15, 0.2) is 0 Å². The number of aliphatic hydroxyl groups excluding tert-OH is 1. The molecule has 0 aliphatic carbocycles. The molecule has 1 unspecified atom stereocenters. The van der Waals surface area contributed by atoms with Crippen LogP contribution in [0.25, 0.3) is 0 Å². The second-order valence-electron chi connectivity index (χ2n) is 4.90. The average molecular weight is 221 g/mol. The summed E-state index contributed by atoms with van der Waals surface area (Å²) in [6, 6.07) is 8.50. The fourth-order valence-electron chi connectivity index (χ4n) is 1.74.